The molecule has 2 N–H and O–H groups in total. The van der Waals surface area contributed by atoms with Crippen LogP contribution in [0.1, 0.15) is 17.4 Å². The van der Waals surface area contributed by atoms with Gasteiger partial charge < -0.3 is 10.2 Å². The Hall–Kier alpha value is -0.800. The Morgan fingerprint density at radius 2 is 2.25 bits per heavy atom. The maximum Gasteiger partial charge on any atom is 0.122 e. The minimum absolute atomic E-state index is 0.193. The van der Waals surface area contributed by atoms with Crippen molar-refractivity contribution >= 4 is 0 Å². The predicted octanol–water partition coefficient (Wildman–Crippen LogP) is 1.15. The molecule has 1 aromatic rings. The van der Waals surface area contributed by atoms with E-state index in [2.05, 4.69) is 4.90 Å². The third-order valence-corrected chi connectivity index (χ3v) is 1.93. The van der Waals surface area contributed by atoms with E-state index in [1.54, 1.807) is 6.26 Å². The fraction of sp³-hybridized carbons (Fsp3) is 0.556. The van der Waals surface area contributed by atoms with Crippen LogP contribution in [0.4, 0.5) is 0 Å². The lowest BCUT2D eigenvalue weighted by Gasteiger charge is -2.19. The number of nitrogens with two attached hydrogens (primary N) is 1. The molecule has 1 rings (SSSR count). The van der Waals surface area contributed by atoms with E-state index in [1.165, 1.54) is 0 Å². The molecule has 12 heavy (non-hydrogen) atoms. The largest absolute Gasteiger partial charge is 0.467 e. The van der Waals surface area contributed by atoms with E-state index in [-0.39, 0.29) is 6.04 Å². The van der Waals surface area contributed by atoms with Crippen molar-refractivity contribution < 1.29 is 4.42 Å². The van der Waals surface area contributed by atoms with E-state index in [9.17, 15) is 0 Å². The summed E-state index contributed by atoms with van der Waals surface area (Å²) >= 11 is 0. The Balaban J connectivity index is 2.80. The molecule has 1 atom stereocenters. The molecule has 0 radical (unpaired) electrons. The molecule has 0 saturated carbocycles. The molecular weight excluding hydrogens is 152 g/mol. The Morgan fingerprint density at radius 1 is 1.58 bits per heavy atom. The third-order valence-electron chi connectivity index (χ3n) is 1.93. The summed E-state index contributed by atoms with van der Waals surface area (Å²) in [6.07, 6.45) is 1.75. The zero-order chi connectivity index (χ0) is 9.14. The van der Waals surface area contributed by atoms with Gasteiger partial charge in [0.2, 0.25) is 0 Å². The molecule has 0 aliphatic carbocycles. The van der Waals surface area contributed by atoms with Gasteiger partial charge in [-0.15, -0.1) is 0 Å². The van der Waals surface area contributed by atoms with Gasteiger partial charge in [-0.3, -0.25) is 4.90 Å². The summed E-state index contributed by atoms with van der Waals surface area (Å²) in [6.45, 7) is 2.59. The topological polar surface area (TPSA) is 42.4 Å². The van der Waals surface area contributed by atoms with E-state index in [0.29, 0.717) is 6.54 Å². The number of aryl methyl sites for hydroxylation is 1. The van der Waals surface area contributed by atoms with Gasteiger partial charge in [-0.2, -0.15) is 0 Å². The highest BCUT2D eigenvalue weighted by Crippen LogP contribution is 2.18. The number of furan rings is 1. The number of likely N-dealkylation sites (N-methyl/N-ethyl adjacent to an activating group) is 1. The molecule has 0 amide bonds. The minimum atomic E-state index is 0.193. The van der Waals surface area contributed by atoms with Crippen LogP contribution in [0.15, 0.2) is 16.7 Å². The first-order valence-corrected chi connectivity index (χ1v) is 4.06. The van der Waals surface area contributed by atoms with Crippen molar-refractivity contribution in [2.45, 2.75) is 13.0 Å². The molecule has 0 aliphatic rings. The van der Waals surface area contributed by atoms with E-state index >= 15 is 0 Å². The van der Waals surface area contributed by atoms with Gasteiger partial charge in [-0.05, 0) is 32.6 Å². The van der Waals surface area contributed by atoms with Crippen molar-refractivity contribution in [3.63, 3.8) is 0 Å². The molecule has 0 aromatic carbocycles. The van der Waals surface area contributed by atoms with Crippen molar-refractivity contribution in [3.8, 4) is 0 Å². The van der Waals surface area contributed by atoms with Crippen LogP contribution in [-0.2, 0) is 0 Å². The number of nitrogens with zero attached hydrogens (tertiary/aromatic N) is 1. The molecule has 3 nitrogen and oxygen atoms in total. The van der Waals surface area contributed by atoms with E-state index in [0.717, 1.165) is 11.3 Å². The highest BCUT2D eigenvalue weighted by molar-refractivity contribution is 5.13. The molecule has 1 aromatic heterocycles. The average Bonchev–Trinajstić information content (AvgIpc) is 2.37. The highest BCUT2D eigenvalue weighted by Gasteiger charge is 2.14. The van der Waals surface area contributed by atoms with Crippen LogP contribution in [0.25, 0.3) is 0 Å². The van der Waals surface area contributed by atoms with Gasteiger partial charge in [-0.25, -0.2) is 0 Å². The molecule has 0 fully saturated rings. The summed E-state index contributed by atoms with van der Waals surface area (Å²) in [5, 5.41) is 0. The lowest BCUT2D eigenvalue weighted by molar-refractivity contribution is 0.264. The van der Waals surface area contributed by atoms with Crippen LogP contribution in [0.2, 0.25) is 0 Å². The summed E-state index contributed by atoms with van der Waals surface area (Å²) in [6, 6.07) is 2.22. The Kier molecular flexibility index (Phi) is 2.89. The van der Waals surface area contributed by atoms with Gasteiger partial charge in [0.1, 0.15) is 5.76 Å². The number of rotatable bonds is 3. The normalized spacial score (nSPS) is 13.8. The summed E-state index contributed by atoms with van der Waals surface area (Å²) in [4.78, 5) is 2.05. The van der Waals surface area contributed by atoms with Crippen molar-refractivity contribution in [2.75, 3.05) is 20.6 Å². The molecule has 68 valence electrons. The Labute approximate surface area is 73.2 Å². The van der Waals surface area contributed by atoms with Crippen LogP contribution in [0.3, 0.4) is 0 Å². The lowest BCUT2D eigenvalue weighted by Crippen LogP contribution is -2.26. The fourth-order valence-electron chi connectivity index (χ4n) is 1.21. The minimum Gasteiger partial charge on any atom is -0.467 e. The molecule has 1 heterocycles. The van der Waals surface area contributed by atoms with Crippen LogP contribution < -0.4 is 5.73 Å². The summed E-state index contributed by atoms with van der Waals surface area (Å²) < 4.78 is 5.36. The molecule has 0 bridgehead atoms. The maximum absolute atomic E-state index is 5.61. The van der Waals surface area contributed by atoms with E-state index < -0.39 is 0 Å². The quantitative estimate of drug-likeness (QED) is 0.736. The second kappa shape index (κ2) is 3.74. The standard InChI is InChI=1S/C9H16N2O/c1-7-4-9(12-6-7)8(5-10)11(2)3/h4,6,8H,5,10H2,1-3H3. The molecule has 3 heteroatoms. The summed E-state index contributed by atoms with van der Waals surface area (Å²) in [5.74, 6) is 0.944. The third kappa shape index (κ3) is 1.87. The van der Waals surface area contributed by atoms with Gasteiger partial charge in [0.25, 0.3) is 0 Å². The molecule has 0 aliphatic heterocycles. The fourth-order valence-corrected chi connectivity index (χ4v) is 1.21. The summed E-state index contributed by atoms with van der Waals surface area (Å²) in [5.41, 5.74) is 6.76. The van der Waals surface area contributed by atoms with Crippen molar-refractivity contribution in [2.24, 2.45) is 5.73 Å². The van der Waals surface area contributed by atoms with Gasteiger partial charge in [0.05, 0.1) is 12.3 Å². The maximum atomic E-state index is 5.61. The van der Waals surface area contributed by atoms with Gasteiger partial charge in [0, 0.05) is 6.54 Å². The van der Waals surface area contributed by atoms with Crippen LogP contribution in [0.5, 0.6) is 0 Å². The molecular formula is C9H16N2O. The van der Waals surface area contributed by atoms with E-state index in [4.69, 9.17) is 10.2 Å². The first kappa shape index (κ1) is 9.29. The van der Waals surface area contributed by atoms with Gasteiger partial charge in [-0.1, -0.05) is 0 Å². The zero-order valence-corrected chi connectivity index (χ0v) is 7.87. The van der Waals surface area contributed by atoms with Crippen molar-refractivity contribution in [1.82, 2.24) is 4.90 Å². The lowest BCUT2D eigenvalue weighted by atomic mass is 10.2. The predicted molar refractivity (Wildman–Crippen MR) is 48.9 cm³/mol. The smallest absolute Gasteiger partial charge is 0.122 e. The SMILES string of the molecule is Cc1coc(C(CN)N(C)C)c1. The second-order valence-electron chi connectivity index (χ2n) is 3.24. The zero-order valence-electron chi connectivity index (χ0n) is 7.87. The first-order chi connectivity index (χ1) is 5.65. The van der Waals surface area contributed by atoms with E-state index in [1.807, 2.05) is 27.1 Å². The Morgan fingerprint density at radius 3 is 2.58 bits per heavy atom. The van der Waals surface area contributed by atoms with Crippen molar-refractivity contribution in [1.29, 1.82) is 0 Å². The van der Waals surface area contributed by atoms with Gasteiger partial charge >= 0.3 is 0 Å². The molecule has 0 spiro atoms. The van der Waals surface area contributed by atoms with Crippen molar-refractivity contribution in [3.05, 3.63) is 23.7 Å². The summed E-state index contributed by atoms with van der Waals surface area (Å²) in [7, 11) is 3.99. The first-order valence-electron chi connectivity index (χ1n) is 4.06. The van der Waals surface area contributed by atoms with Crippen LogP contribution in [-0.4, -0.2) is 25.5 Å². The van der Waals surface area contributed by atoms with Gasteiger partial charge in [0.15, 0.2) is 0 Å². The molecule has 1 unspecified atom stereocenters. The highest BCUT2D eigenvalue weighted by atomic mass is 16.3. The monoisotopic (exact) mass is 168 g/mol. The average molecular weight is 168 g/mol. The Bertz CT molecular complexity index is 242. The number of hydrogen-bond acceptors (Lipinski definition) is 3. The molecule has 0 saturated heterocycles. The van der Waals surface area contributed by atoms with Crippen LogP contribution >= 0.6 is 0 Å². The van der Waals surface area contributed by atoms with Crippen LogP contribution in [0, 0.1) is 6.92 Å². The second-order valence-corrected chi connectivity index (χ2v) is 3.24. The number of hydrogen-bond donors (Lipinski definition) is 1.